The second-order valence-corrected chi connectivity index (χ2v) is 3.90. The third-order valence-electron chi connectivity index (χ3n) is 3.07. The summed E-state index contributed by atoms with van der Waals surface area (Å²) >= 11 is 0. The minimum absolute atomic E-state index is 0.0334. The van der Waals surface area contributed by atoms with Gasteiger partial charge in [0, 0.05) is 17.9 Å². The van der Waals surface area contributed by atoms with Crippen molar-refractivity contribution in [3.05, 3.63) is 29.6 Å². The van der Waals surface area contributed by atoms with Crippen LogP contribution in [0, 0.1) is 0 Å². The fourth-order valence-electron chi connectivity index (χ4n) is 2.02. The highest BCUT2D eigenvalue weighted by molar-refractivity contribution is 5.32. The summed E-state index contributed by atoms with van der Waals surface area (Å²) in [4.78, 5) is 4.13. The van der Waals surface area contributed by atoms with Crippen LogP contribution in [-0.4, -0.2) is 4.98 Å². The third kappa shape index (κ3) is 1.35. The summed E-state index contributed by atoms with van der Waals surface area (Å²) in [5, 5.41) is 0. The Morgan fingerprint density at radius 1 is 1.54 bits per heavy atom. The molecule has 1 fully saturated rings. The van der Waals surface area contributed by atoms with E-state index >= 15 is 0 Å². The number of aryl methyl sites for hydroxylation is 1. The van der Waals surface area contributed by atoms with Crippen molar-refractivity contribution in [3.8, 4) is 0 Å². The maximum Gasteiger partial charge on any atom is 0.0413 e. The minimum Gasteiger partial charge on any atom is -0.321 e. The van der Waals surface area contributed by atoms with E-state index < -0.39 is 0 Å². The predicted molar refractivity (Wildman–Crippen MR) is 53.3 cm³/mol. The zero-order chi connectivity index (χ0) is 9.31. The lowest BCUT2D eigenvalue weighted by Crippen LogP contribution is -2.44. The topological polar surface area (TPSA) is 38.9 Å². The van der Waals surface area contributed by atoms with Gasteiger partial charge in [-0.1, -0.05) is 6.92 Å². The molecule has 0 bridgehead atoms. The molecule has 0 radical (unpaired) electrons. The van der Waals surface area contributed by atoms with Crippen molar-refractivity contribution in [1.82, 2.24) is 4.98 Å². The summed E-state index contributed by atoms with van der Waals surface area (Å²) in [5.74, 6) is 0. The van der Waals surface area contributed by atoms with Crippen molar-refractivity contribution in [1.29, 1.82) is 0 Å². The van der Waals surface area contributed by atoms with Crippen molar-refractivity contribution in [2.45, 2.75) is 38.1 Å². The summed E-state index contributed by atoms with van der Waals surface area (Å²) in [6.45, 7) is 2.16. The predicted octanol–water partition coefficient (Wildman–Crippen LogP) is 1.98. The highest BCUT2D eigenvalue weighted by Crippen LogP contribution is 2.39. The van der Waals surface area contributed by atoms with Gasteiger partial charge in [-0.05, 0) is 42.9 Å². The summed E-state index contributed by atoms with van der Waals surface area (Å²) in [5.41, 5.74) is 8.87. The Kier molecular flexibility index (Phi) is 2.08. The van der Waals surface area contributed by atoms with Gasteiger partial charge in [-0.15, -0.1) is 0 Å². The molecular weight excluding hydrogens is 160 g/mol. The van der Waals surface area contributed by atoms with Crippen LogP contribution in [0.4, 0.5) is 0 Å². The van der Waals surface area contributed by atoms with Crippen molar-refractivity contribution in [3.63, 3.8) is 0 Å². The smallest absolute Gasteiger partial charge is 0.0413 e. The van der Waals surface area contributed by atoms with Gasteiger partial charge in [-0.3, -0.25) is 4.98 Å². The van der Waals surface area contributed by atoms with Gasteiger partial charge >= 0.3 is 0 Å². The Morgan fingerprint density at radius 2 is 2.31 bits per heavy atom. The van der Waals surface area contributed by atoms with Gasteiger partial charge in [0.1, 0.15) is 0 Å². The minimum atomic E-state index is -0.0334. The molecule has 0 aliphatic heterocycles. The fraction of sp³-hybridized carbons (Fsp3) is 0.545. The molecule has 0 amide bonds. The maximum absolute atomic E-state index is 6.27. The number of rotatable bonds is 2. The van der Waals surface area contributed by atoms with Gasteiger partial charge in [0.15, 0.2) is 0 Å². The second kappa shape index (κ2) is 3.11. The van der Waals surface area contributed by atoms with Crippen LogP contribution < -0.4 is 5.73 Å². The van der Waals surface area contributed by atoms with E-state index in [-0.39, 0.29) is 5.54 Å². The molecule has 2 nitrogen and oxygen atoms in total. The van der Waals surface area contributed by atoms with Crippen LogP contribution in [0.1, 0.15) is 37.3 Å². The van der Waals surface area contributed by atoms with E-state index in [0.29, 0.717) is 0 Å². The first-order valence-electron chi connectivity index (χ1n) is 4.98. The molecule has 0 aromatic carbocycles. The Hall–Kier alpha value is -0.890. The molecule has 0 unspecified atom stereocenters. The molecule has 13 heavy (non-hydrogen) atoms. The molecule has 1 aliphatic rings. The van der Waals surface area contributed by atoms with Gasteiger partial charge in [-0.2, -0.15) is 0 Å². The van der Waals surface area contributed by atoms with Crippen molar-refractivity contribution >= 4 is 0 Å². The van der Waals surface area contributed by atoms with Crippen molar-refractivity contribution < 1.29 is 0 Å². The Labute approximate surface area is 79.2 Å². The molecule has 0 saturated heterocycles. The Balaban J connectivity index is 2.38. The fourth-order valence-corrected chi connectivity index (χ4v) is 2.02. The number of nitrogens with zero attached hydrogens (tertiary/aromatic N) is 1. The van der Waals surface area contributed by atoms with Crippen LogP contribution >= 0.6 is 0 Å². The first-order chi connectivity index (χ1) is 6.26. The number of pyridine rings is 1. The van der Waals surface area contributed by atoms with Gasteiger partial charge in [0.25, 0.3) is 0 Å². The summed E-state index contributed by atoms with van der Waals surface area (Å²) in [7, 11) is 0. The Bertz CT molecular complexity index is 303. The Morgan fingerprint density at radius 3 is 2.85 bits per heavy atom. The normalized spacial score (nSPS) is 19.5. The largest absolute Gasteiger partial charge is 0.321 e. The lowest BCUT2D eigenvalue weighted by molar-refractivity contribution is 0.251. The van der Waals surface area contributed by atoms with Gasteiger partial charge in [0.2, 0.25) is 0 Å². The van der Waals surface area contributed by atoms with E-state index in [4.69, 9.17) is 5.73 Å². The average molecular weight is 176 g/mol. The van der Waals surface area contributed by atoms with Gasteiger partial charge < -0.3 is 5.73 Å². The highest BCUT2D eigenvalue weighted by Gasteiger charge is 2.35. The molecule has 1 heterocycles. The monoisotopic (exact) mass is 176 g/mol. The van der Waals surface area contributed by atoms with Crippen LogP contribution in [-0.2, 0) is 12.0 Å². The number of hydrogen-bond acceptors (Lipinski definition) is 2. The maximum atomic E-state index is 6.27. The van der Waals surface area contributed by atoms with Crippen molar-refractivity contribution in [2.75, 3.05) is 0 Å². The zero-order valence-electron chi connectivity index (χ0n) is 8.09. The molecule has 70 valence electrons. The van der Waals surface area contributed by atoms with E-state index in [1.165, 1.54) is 17.5 Å². The number of hydrogen-bond donors (Lipinski definition) is 1. The molecule has 0 spiro atoms. The standard InChI is InChI=1S/C11H16N2/c1-2-9-8-13-7-4-10(9)11(12)5-3-6-11/h4,7-8H,2-3,5-6,12H2,1H3. The van der Waals surface area contributed by atoms with E-state index in [2.05, 4.69) is 18.0 Å². The summed E-state index contributed by atoms with van der Waals surface area (Å²) in [6, 6.07) is 2.08. The molecule has 2 rings (SSSR count). The van der Waals surface area contributed by atoms with Gasteiger partial charge in [-0.25, -0.2) is 0 Å². The molecule has 2 N–H and O–H groups in total. The molecule has 2 heteroatoms. The second-order valence-electron chi connectivity index (χ2n) is 3.90. The first-order valence-corrected chi connectivity index (χ1v) is 4.98. The van der Waals surface area contributed by atoms with E-state index in [1.807, 2.05) is 12.4 Å². The SMILES string of the molecule is CCc1cnccc1C1(N)CCC1. The molecule has 1 saturated carbocycles. The van der Waals surface area contributed by atoms with Gasteiger partial charge in [0.05, 0.1) is 0 Å². The first kappa shape index (κ1) is 8.70. The lowest BCUT2D eigenvalue weighted by Gasteiger charge is -2.39. The van der Waals surface area contributed by atoms with Crippen LogP contribution in [0.15, 0.2) is 18.5 Å². The molecular formula is C11H16N2. The summed E-state index contributed by atoms with van der Waals surface area (Å²) in [6.07, 6.45) is 8.35. The van der Waals surface area contributed by atoms with Crippen LogP contribution in [0.5, 0.6) is 0 Å². The van der Waals surface area contributed by atoms with E-state index in [0.717, 1.165) is 19.3 Å². The van der Waals surface area contributed by atoms with Crippen LogP contribution in [0.25, 0.3) is 0 Å². The zero-order valence-corrected chi connectivity index (χ0v) is 8.09. The lowest BCUT2D eigenvalue weighted by atomic mass is 9.71. The van der Waals surface area contributed by atoms with Crippen LogP contribution in [0.3, 0.4) is 0 Å². The highest BCUT2D eigenvalue weighted by atomic mass is 14.8. The third-order valence-corrected chi connectivity index (χ3v) is 3.07. The molecule has 0 atom stereocenters. The molecule has 1 aromatic rings. The number of aromatic nitrogens is 1. The van der Waals surface area contributed by atoms with Crippen molar-refractivity contribution in [2.24, 2.45) is 5.73 Å². The molecule has 1 aliphatic carbocycles. The van der Waals surface area contributed by atoms with E-state index in [9.17, 15) is 0 Å². The number of nitrogens with two attached hydrogens (primary N) is 1. The summed E-state index contributed by atoms with van der Waals surface area (Å²) < 4.78 is 0. The molecule has 1 aromatic heterocycles. The average Bonchev–Trinajstić information content (AvgIpc) is 2.14. The van der Waals surface area contributed by atoms with Crippen LogP contribution in [0.2, 0.25) is 0 Å². The van der Waals surface area contributed by atoms with E-state index in [1.54, 1.807) is 0 Å². The quantitative estimate of drug-likeness (QED) is 0.748.